The Morgan fingerprint density at radius 3 is 2.94 bits per heavy atom. The lowest BCUT2D eigenvalue weighted by atomic mass is 10.4. The highest BCUT2D eigenvalue weighted by Gasteiger charge is 2.11. The molecule has 0 spiro atoms. The first kappa shape index (κ1) is 11.9. The predicted molar refractivity (Wildman–Crippen MR) is 62.9 cm³/mol. The van der Waals surface area contributed by atoms with Crippen LogP contribution in [0.15, 0.2) is 12.4 Å². The first-order valence-corrected chi connectivity index (χ1v) is 5.30. The van der Waals surface area contributed by atoms with Crippen LogP contribution in [-0.4, -0.2) is 42.6 Å². The second-order valence-electron chi connectivity index (χ2n) is 3.38. The molecule has 0 saturated carbocycles. The summed E-state index contributed by atoms with van der Waals surface area (Å²) in [5.74, 6) is 0.227. The number of hydrogen-bond acceptors (Lipinski definition) is 7. The molecule has 0 atom stereocenters. The van der Waals surface area contributed by atoms with Gasteiger partial charge in [0, 0.05) is 6.54 Å². The molecule has 2 heterocycles. The van der Waals surface area contributed by atoms with Crippen molar-refractivity contribution in [1.29, 1.82) is 0 Å². The van der Waals surface area contributed by atoms with Gasteiger partial charge < -0.3 is 5.32 Å². The number of nitrogens with one attached hydrogen (secondary N) is 2. The Balaban J connectivity index is 2.11. The van der Waals surface area contributed by atoms with Crippen LogP contribution in [0.25, 0.3) is 0 Å². The number of aryl methyl sites for hydroxylation is 1. The van der Waals surface area contributed by atoms with Crippen LogP contribution in [0, 0.1) is 0 Å². The van der Waals surface area contributed by atoms with Crippen LogP contribution in [0.5, 0.6) is 0 Å². The Morgan fingerprint density at radius 2 is 2.28 bits per heavy atom. The summed E-state index contributed by atoms with van der Waals surface area (Å²) >= 11 is 0. The van der Waals surface area contributed by atoms with Crippen LogP contribution in [0.2, 0.25) is 0 Å². The number of aromatic nitrogens is 6. The van der Waals surface area contributed by atoms with Crippen LogP contribution in [0.3, 0.4) is 0 Å². The number of carbonyl (C=O) groups is 1. The molecule has 0 bridgehead atoms. The van der Waals surface area contributed by atoms with Crippen molar-refractivity contribution in [3.63, 3.8) is 0 Å². The van der Waals surface area contributed by atoms with Gasteiger partial charge in [0.15, 0.2) is 0 Å². The average molecular weight is 248 g/mol. The van der Waals surface area contributed by atoms with Gasteiger partial charge in [-0.2, -0.15) is 4.80 Å². The third-order valence-corrected chi connectivity index (χ3v) is 1.96. The van der Waals surface area contributed by atoms with Crippen molar-refractivity contribution in [3.05, 3.63) is 18.1 Å². The SMILES string of the molecule is CCNc1cncc(C(=O)Nc2nnn(C)n2)n1. The molecule has 0 aliphatic heterocycles. The molecule has 94 valence electrons. The van der Waals surface area contributed by atoms with Crippen molar-refractivity contribution in [3.8, 4) is 0 Å². The van der Waals surface area contributed by atoms with Crippen molar-refractivity contribution in [2.75, 3.05) is 17.2 Å². The molecule has 0 aliphatic carbocycles. The molecule has 0 unspecified atom stereocenters. The maximum Gasteiger partial charge on any atom is 0.278 e. The van der Waals surface area contributed by atoms with E-state index in [1.165, 1.54) is 11.0 Å². The van der Waals surface area contributed by atoms with Gasteiger partial charge in [0.1, 0.15) is 11.5 Å². The van der Waals surface area contributed by atoms with E-state index in [0.29, 0.717) is 12.4 Å². The van der Waals surface area contributed by atoms with Gasteiger partial charge in [-0.15, -0.1) is 5.10 Å². The van der Waals surface area contributed by atoms with Crippen LogP contribution in [0.1, 0.15) is 17.4 Å². The topological polar surface area (TPSA) is 111 Å². The van der Waals surface area contributed by atoms with Crippen LogP contribution < -0.4 is 10.6 Å². The Morgan fingerprint density at radius 1 is 1.44 bits per heavy atom. The van der Waals surface area contributed by atoms with Crippen LogP contribution >= 0.6 is 0 Å². The Labute approximate surface area is 103 Å². The largest absolute Gasteiger partial charge is 0.369 e. The second-order valence-corrected chi connectivity index (χ2v) is 3.38. The quantitative estimate of drug-likeness (QED) is 0.763. The molecule has 0 aromatic carbocycles. The summed E-state index contributed by atoms with van der Waals surface area (Å²) in [6, 6.07) is 0. The number of anilines is 2. The summed E-state index contributed by atoms with van der Waals surface area (Å²) in [7, 11) is 1.61. The predicted octanol–water partition coefficient (Wildman–Crippen LogP) is -0.316. The van der Waals surface area contributed by atoms with E-state index in [9.17, 15) is 4.79 Å². The second kappa shape index (κ2) is 5.17. The van der Waals surface area contributed by atoms with E-state index in [0.717, 1.165) is 0 Å². The molecule has 0 aliphatic rings. The zero-order valence-corrected chi connectivity index (χ0v) is 9.95. The minimum absolute atomic E-state index is 0.123. The van der Waals surface area contributed by atoms with Gasteiger partial charge in [0.2, 0.25) is 0 Å². The van der Waals surface area contributed by atoms with Crippen molar-refractivity contribution < 1.29 is 4.79 Å². The molecule has 2 rings (SSSR count). The van der Waals surface area contributed by atoms with Crippen molar-refractivity contribution in [1.82, 2.24) is 30.2 Å². The number of nitrogens with zero attached hydrogens (tertiary/aromatic N) is 6. The fraction of sp³-hybridized carbons (Fsp3) is 0.333. The average Bonchev–Trinajstić information content (AvgIpc) is 2.75. The highest BCUT2D eigenvalue weighted by atomic mass is 16.2. The molecule has 2 N–H and O–H groups in total. The minimum Gasteiger partial charge on any atom is -0.369 e. The summed E-state index contributed by atoms with van der Waals surface area (Å²) in [4.78, 5) is 21.1. The molecule has 18 heavy (non-hydrogen) atoms. The molecule has 0 fully saturated rings. The van der Waals surface area contributed by atoms with Crippen molar-refractivity contribution >= 4 is 17.7 Å². The Hall–Kier alpha value is -2.58. The van der Waals surface area contributed by atoms with E-state index in [-0.39, 0.29) is 11.6 Å². The summed E-state index contributed by atoms with van der Waals surface area (Å²) in [5.41, 5.74) is 0.181. The normalized spacial score (nSPS) is 10.1. The minimum atomic E-state index is -0.435. The number of hydrogen-bond donors (Lipinski definition) is 2. The number of tetrazole rings is 1. The lowest BCUT2D eigenvalue weighted by molar-refractivity contribution is 0.102. The third kappa shape index (κ3) is 2.75. The Bertz CT molecular complexity index is 551. The summed E-state index contributed by atoms with van der Waals surface area (Å²) in [6.45, 7) is 2.63. The Kier molecular flexibility index (Phi) is 3.41. The van der Waals surface area contributed by atoms with Gasteiger partial charge >= 0.3 is 0 Å². The molecule has 2 aromatic rings. The molecular formula is C9H12N8O. The van der Waals surface area contributed by atoms with E-state index in [4.69, 9.17) is 0 Å². The molecule has 1 amide bonds. The fourth-order valence-electron chi connectivity index (χ4n) is 1.24. The van der Waals surface area contributed by atoms with E-state index in [1.54, 1.807) is 13.2 Å². The first-order chi connectivity index (χ1) is 8.69. The maximum atomic E-state index is 11.8. The van der Waals surface area contributed by atoms with Gasteiger partial charge in [-0.05, 0) is 12.1 Å². The van der Waals surface area contributed by atoms with E-state index < -0.39 is 5.91 Å². The van der Waals surface area contributed by atoms with Gasteiger partial charge in [-0.25, -0.2) is 4.98 Å². The van der Waals surface area contributed by atoms with Gasteiger partial charge in [-0.1, -0.05) is 5.10 Å². The van der Waals surface area contributed by atoms with Crippen LogP contribution in [0.4, 0.5) is 11.8 Å². The monoisotopic (exact) mass is 248 g/mol. The zero-order valence-electron chi connectivity index (χ0n) is 9.95. The molecule has 9 nitrogen and oxygen atoms in total. The summed E-state index contributed by atoms with van der Waals surface area (Å²) in [5, 5.41) is 16.5. The third-order valence-electron chi connectivity index (χ3n) is 1.96. The summed E-state index contributed by atoms with van der Waals surface area (Å²) in [6.07, 6.45) is 2.91. The molecule has 0 radical (unpaired) electrons. The molecule has 0 saturated heterocycles. The zero-order chi connectivity index (χ0) is 13.0. The van der Waals surface area contributed by atoms with Crippen molar-refractivity contribution in [2.24, 2.45) is 7.05 Å². The lowest BCUT2D eigenvalue weighted by Gasteiger charge is -2.03. The van der Waals surface area contributed by atoms with Crippen LogP contribution in [-0.2, 0) is 7.05 Å². The fourth-order valence-corrected chi connectivity index (χ4v) is 1.24. The van der Waals surface area contributed by atoms with E-state index in [2.05, 4.69) is 36.0 Å². The van der Waals surface area contributed by atoms with E-state index in [1.807, 2.05) is 6.92 Å². The molecular weight excluding hydrogens is 236 g/mol. The first-order valence-electron chi connectivity index (χ1n) is 5.30. The lowest BCUT2D eigenvalue weighted by Crippen LogP contribution is -2.16. The molecule has 9 heteroatoms. The van der Waals surface area contributed by atoms with Crippen molar-refractivity contribution in [2.45, 2.75) is 6.92 Å². The number of carbonyl (C=O) groups excluding carboxylic acids is 1. The number of amides is 1. The standard InChI is InChI=1S/C9H12N8O/c1-3-11-7-5-10-4-6(12-7)8(18)13-9-14-16-17(2)15-9/h4-5H,3H2,1-2H3,(H,11,12)(H,13,15,18). The highest BCUT2D eigenvalue weighted by molar-refractivity contribution is 6.01. The highest BCUT2D eigenvalue weighted by Crippen LogP contribution is 2.03. The number of rotatable bonds is 4. The van der Waals surface area contributed by atoms with E-state index >= 15 is 0 Å². The maximum absolute atomic E-state index is 11.8. The smallest absolute Gasteiger partial charge is 0.278 e. The van der Waals surface area contributed by atoms with Gasteiger partial charge in [0.05, 0.1) is 19.4 Å². The summed E-state index contributed by atoms with van der Waals surface area (Å²) < 4.78 is 0. The van der Waals surface area contributed by atoms with Gasteiger partial charge in [0.25, 0.3) is 11.9 Å². The van der Waals surface area contributed by atoms with Gasteiger partial charge in [-0.3, -0.25) is 15.1 Å². The molecule has 2 aromatic heterocycles.